The van der Waals surface area contributed by atoms with Gasteiger partial charge in [-0.2, -0.15) is 5.10 Å². The molecule has 1 amide bonds. The van der Waals surface area contributed by atoms with Crippen molar-refractivity contribution in [1.29, 1.82) is 0 Å². The van der Waals surface area contributed by atoms with E-state index in [1.807, 2.05) is 49.8 Å². The van der Waals surface area contributed by atoms with Gasteiger partial charge >= 0.3 is 0 Å². The second-order valence-corrected chi connectivity index (χ2v) is 7.30. The van der Waals surface area contributed by atoms with Crippen molar-refractivity contribution in [3.63, 3.8) is 0 Å². The standard InChI is InChI=1S/C20H28N4O/c1-14-19(15(2)23(5)21-14)18-7-6-12-24(18)20(25)17-10-8-16(9-11-17)13-22(3)4/h8-11,18H,6-7,12-13H2,1-5H3/t18-/m1/s1. The summed E-state index contributed by atoms with van der Waals surface area (Å²) in [6, 6.07) is 8.17. The number of aromatic nitrogens is 2. The number of benzene rings is 1. The van der Waals surface area contributed by atoms with Gasteiger partial charge in [-0.25, -0.2) is 0 Å². The Hall–Kier alpha value is -2.14. The Kier molecular flexibility index (Phi) is 4.95. The van der Waals surface area contributed by atoms with Crippen LogP contribution in [0, 0.1) is 13.8 Å². The zero-order chi connectivity index (χ0) is 18.1. The average molecular weight is 340 g/mol. The van der Waals surface area contributed by atoms with Crippen LogP contribution in [0.1, 0.15) is 51.8 Å². The van der Waals surface area contributed by atoms with Crippen molar-refractivity contribution in [3.8, 4) is 0 Å². The quantitative estimate of drug-likeness (QED) is 0.859. The number of hydrogen-bond donors (Lipinski definition) is 0. The van der Waals surface area contributed by atoms with Crippen molar-refractivity contribution in [1.82, 2.24) is 19.6 Å². The number of carbonyl (C=O) groups excluding carboxylic acids is 1. The third-order valence-electron chi connectivity index (χ3n) is 5.11. The molecule has 1 atom stereocenters. The number of likely N-dealkylation sites (tertiary alicyclic amines) is 1. The highest BCUT2D eigenvalue weighted by molar-refractivity contribution is 5.94. The maximum atomic E-state index is 13.1. The molecule has 0 N–H and O–H groups in total. The van der Waals surface area contributed by atoms with Crippen LogP contribution in [0.3, 0.4) is 0 Å². The van der Waals surface area contributed by atoms with Gasteiger partial charge < -0.3 is 9.80 Å². The van der Waals surface area contributed by atoms with Gasteiger partial charge in [0.2, 0.25) is 0 Å². The molecule has 0 saturated carbocycles. The fraction of sp³-hybridized carbons (Fsp3) is 0.500. The maximum absolute atomic E-state index is 13.1. The van der Waals surface area contributed by atoms with Crippen LogP contribution in [0.4, 0.5) is 0 Å². The minimum Gasteiger partial charge on any atom is -0.331 e. The number of carbonyl (C=O) groups is 1. The molecule has 2 heterocycles. The van der Waals surface area contributed by atoms with E-state index in [9.17, 15) is 4.79 Å². The van der Waals surface area contributed by atoms with E-state index in [2.05, 4.69) is 29.1 Å². The molecule has 5 nitrogen and oxygen atoms in total. The molecule has 0 unspecified atom stereocenters. The predicted molar refractivity (Wildman–Crippen MR) is 99.5 cm³/mol. The average Bonchev–Trinajstić information content (AvgIpc) is 3.12. The lowest BCUT2D eigenvalue weighted by Gasteiger charge is -2.25. The van der Waals surface area contributed by atoms with Crippen LogP contribution >= 0.6 is 0 Å². The summed E-state index contributed by atoms with van der Waals surface area (Å²) < 4.78 is 1.92. The Labute approximate surface area is 150 Å². The molecule has 134 valence electrons. The first-order valence-electron chi connectivity index (χ1n) is 8.93. The summed E-state index contributed by atoms with van der Waals surface area (Å²) in [7, 11) is 6.06. The summed E-state index contributed by atoms with van der Waals surface area (Å²) in [5.74, 6) is 0.126. The molecule has 1 aliphatic heterocycles. The van der Waals surface area contributed by atoms with Crippen molar-refractivity contribution < 1.29 is 4.79 Å². The van der Waals surface area contributed by atoms with Crippen molar-refractivity contribution >= 4 is 5.91 Å². The Morgan fingerprint density at radius 1 is 1.24 bits per heavy atom. The van der Waals surface area contributed by atoms with Crippen molar-refractivity contribution in [3.05, 3.63) is 52.3 Å². The van der Waals surface area contributed by atoms with E-state index < -0.39 is 0 Å². The van der Waals surface area contributed by atoms with Crippen LogP contribution < -0.4 is 0 Å². The molecule has 25 heavy (non-hydrogen) atoms. The van der Waals surface area contributed by atoms with Crippen LogP contribution in [-0.4, -0.2) is 46.1 Å². The molecule has 5 heteroatoms. The molecule has 2 aromatic rings. The van der Waals surface area contributed by atoms with E-state index in [0.29, 0.717) is 0 Å². The highest BCUT2D eigenvalue weighted by atomic mass is 16.2. The highest BCUT2D eigenvalue weighted by Crippen LogP contribution is 2.36. The van der Waals surface area contributed by atoms with Crippen LogP contribution in [-0.2, 0) is 13.6 Å². The van der Waals surface area contributed by atoms with Gasteiger partial charge in [0.1, 0.15) is 0 Å². The second-order valence-electron chi connectivity index (χ2n) is 7.30. The lowest BCUT2D eigenvalue weighted by Crippen LogP contribution is -2.31. The number of rotatable bonds is 4. The third kappa shape index (κ3) is 3.47. The van der Waals surface area contributed by atoms with E-state index >= 15 is 0 Å². The Bertz CT molecular complexity index is 761. The summed E-state index contributed by atoms with van der Waals surface area (Å²) >= 11 is 0. The molecule has 3 rings (SSSR count). The Morgan fingerprint density at radius 3 is 2.48 bits per heavy atom. The molecular weight excluding hydrogens is 312 g/mol. The fourth-order valence-corrected chi connectivity index (χ4v) is 3.87. The van der Waals surface area contributed by atoms with Crippen molar-refractivity contribution in [2.45, 2.75) is 39.3 Å². The number of aryl methyl sites for hydroxylation is 2. The second kappa shape index (κ2) is 7.00. The van der Waals surface area contributed by atoms with Gasteiger partial charge in [-0.3, -0.25) is 9.48 Å². The van der Waals surface area contributed by atoms with Gasteiger partial charge in [0, 0.05) is 37.0 Å². The maximum Gasteiger partial charge on any atom is 0.254 e. The van der Waals surface area contributed by atoms with Gasteiger partial charge in [0.25, 0.3) is 5.91 Å². The number of nitrogens with zero attached hydrogens (tertiary/aromatic N) is 4. The van der Waals surface area contributed by atoms with Gasteiger partial charge in [-0.05, 0) is 58.5 Å². The molecule has 0 bridgehead atoms. The van der Waals surface area contributed by atoms with Crippen molar-refractivity contribution in [2.75, 3.05) is 20.6 Å². The smallest absolute Gasteiger partial charge is 0.254 e. The van der Waals surface area contributed by atoms with Gasteiger partial charge in [-0.1, -0.05) is 12.1 Å². The predicted octanol–water partition coefficient (Wildman–Crippen LogP) is 3.08. The molecule has 1 fully saturated rings. The third-order valence-corrected chi connectivity index (χ3v) is 5.11. The summed E-state index contributed by atoms with van der Waals surface area (Å²) in [5.41, 5.74) is 5.40. The minimum absolute atomic E-state index is 0.126. The van der Waals surface area contributed by atoms with Crippen LogP contribution in [0.15, 0.2) is 24.3 Å². The van der Waals surface area contributed by atoms with Crippen molar-refractivity contribution in [2.24, 2.45) is 7.05 Å². The molecular formula is C20H28N4O. The summed E-state index contributed by atoms with van der Waals surface area (Å²) in [6.45, 7) is 5.83. The Balaban J connectivity index is 1.83. The summed E-state index contributed by atoms with van der Waals surface area (Å²) in [6.07, 6.45) is 2.06. The van der Waals surface area contributed by atoms with E-state index in [1.165, 1.54) is 11.1 Å². The van der Waals surface area contributed by atoms with Gasteiger partial charge in [0.15, 0.2) is 0 Å². The van der Waals surface area contributed by atoms with Gasteiger partial charge in [-0.15, -0.1) is 0 Å². The highest BCUT2D eigenvalue weighted by Gasteiger charge is 2.33. The van der Waals surface area contributed by atoms with Crippen LogP contribution in [0.2, 0.25) is 0 Å². The molecule has 1 saturated heterocycles. The van der Waals surface area contributed by atoms with E-state index in [-0.39, 0.29) is 11.9 Å². The van der Waals surface area contributed by atoms with Gasteiger partial charge in [0.05, 0.1) is 11.7 Å². The fourth-order valence-electron chi connectivity index (χ4n) is 3.87. The first kappa shape index (κ1) is 17.7. The Morgan fingerprint density at radius 2 is 1.92 bits per heavy atom. The van der Waals surface area contributed by atoms with E-state index in [1.54, 1.807) is 0 Å². The molecule has 0 spiro atoms. The summed E-state index contributed by atoms with van der Waals surface area (Å²) in [4.78, 5) is 17.2. The molecule has 1 aromatic heterocycles. The zero-order valence-electron chi connectivity index (χ0n) is 15.9. The lowest BCUT2D eigenvalue weighted by atomic mass is 10.0. The summed E-state index contributed by atoms with van der Waals surface area (Å²) in [5, 5.41) is 4.53. The van der Waals surface area contributed by atoms with E-state index in [0.717, 1.165) is 42.9 Å². The van der Waals surface area contributed by atoms with Crippen LogP contribution in [0.25, 0.3) is 0 Å². The SMILES string of the molecule is Cc1nn(C)c(C)c1[C@H]1CCCN1C(=O)c1ccc(CN(C)C)cc1. The zero-order valence-corrected chi connectivity index (χ0v) is 15.9. The van der Waals surface area contributed by atoms with E-state index in [4.69, 9.17) is 0 Å². The molecule has 0 aliphatic carbocycles. The van der Waals surface area contributed by atoms with Crippen LogP contribution in [0.5, 0.6) is 0 Å². The number of hydrogen-bond acceptors (Lipinski definition) is 3. The first-order chi connectivity index (χ1) is 11.9. The monoisotopic (exact) mass is 340 g/mol. The largest absolute Gasteiger partial charge is 0.331 e. The normalized spacial score (nSPS) is 17.5. The lowest BCUT2D eigenvalue weighted by molar-refractivity contribution is 0.0735. The topological polar surface area (TPSA) is 41.4 Å². The molecule has 0 radical (unpaired) electrons. The molecule has 1 aromatic carbocycles. The first-order valence-corrected chi connectivity index (χ1v) is 8.93. The minimum atomic E-state index is 0.126. The molecule has 1 aliphatic rings. The number of amides is 1.